The van der Waals surface area contributed by atoms with Gasteiger partial charge in [-0.1, -0.05) is 11.6 Å². The van der Waals surface area contributed by atoms with E-state index in [0.717, 1.165) is 22.4 Å². The van der Waals surface area contributed by atoms with E-state index in [-0.39, 0.29) is 10.6 Å². The van der Waals surface area contributed by atoms with Gasteiger partial charge in [-0.25, -0.2) is 9.78 Å². The van der Waals surface area contributed by atoms with Crippen LogP contribution in [0.25, 0.3) is 16.0 Å². The number of hydrogen-bond donors (Lipinski definition) is 1. The molecule has 0 atom stereocenters. The minimum atomic E-state index is -0.568. The summed E-state index contributed by atoms with van der Waals surface area (Å²) < 4.78 is 6.38. The highest BCUT2D eigenvalue weighted by atomic mass is 35.5. The average Bonchev–Trinajstić information content (AvgIpc) is 3.01. The maximum absolute atomic E-state index is 11.5. The number of imidazole rings is 1. The number of aromatic nitrogens is 2. The van der Waals surface area contributed by atoms with Crippen LogP contribution >= 0.6 is 22.9 Å². The molecule has 0 bridgehead atoms. The van der Waals surface area contributed by atoms with Crippen LogP contribution in [-0.4, -0.2) is 27.7 Å². The van der Waals surface area contributed by atoms with Gasteiger partial charge in [0.05, 0.1) is 18.1 Å². The highest BCUT2D eigenvalue weighted by molar-refractivity contribution is 7.16. The molecule has 0 spiro atoms. The van der Waals surface area contributed by atoms with E-state index in [1.54, 1.807) is 23.0 Å². The summed E-state index contributed by atoms with van der Waals surface area (Å²) in [5.74, 6) is -0.679. The minimum absolute atomic E-state index is 0.110. The summed E-state index contributed by atoms with van der Waals surface area (Å²) in [6, 6.07) is 6.84. The van der Waals surface area contributed by atoms with Crippen LogP contribution in [-0.2, 0) is 4.74 Å². The SMILES string of the molecule is COC(=O)c1sc(-n2cnc3ccc(Cl)cc32)cc1O. The lowest BCUT2D eigenvalue weighted by Gasteiger charge is -1.99. The molecule has 0 saturated carbocycles. The fourth-order valence-electron chi connectivity index (χ4n) is 1.88. The summed E-state index contributed by atoms with van der Waals surface area (Å²) in [5.41, 5.74) is 1.58. The third-order valence-electron chi connectivity index (χ3n) is 2.82. The van der Waals surface area contributed by atoms with Crippen molar-refractivity contribution in [1.82, 2.24) is 9.55 Å². The van der Waals surface area contributed by atoms with E-state index in [1.807, 2.05) is 6.07 Å². The van der Waals surface area contributed by atoms with Crippen LogP contribution in [0.4, 0.5) is 0 Å². The van der Waals surface area contributed by atoms with E-state index in [1.165, 1.54) is 13.2 Å². The van der Waals surface area contributed by atoms with Crippen molar-refractivity contribution in [3.63, 3.8) is 0 Å². The lowest BCUT2D eigenvalue weighted by Crippen LogP contribution is -1.97. The molecule has 7 heteroatoms. The molecule has 0 fully saturated rings. The number of thiophene rings is 1. The number of fused-ring (bicyclic) bond motifs is 1. The predicted molar refractivity (Wildman–Crippen MR) is 77.0 cm³/mol. The third-order valence-corrected chi connectivity index (χ3v) is 4.16. The van der Waals surface area contributed by atoms with Crippen molar-refractivity contribution in [3.8, 4) is 10.8 Å². The van der Waals surface area contributed by atoms with Crippen LogP contribution in [0.2, 0.25) is 5.02 Å². The molecule has 0 radical (unpaired) electrons. The van der Waals surface area contributed by atoms with Gasteiger partial charge in [-0.3, -0.25) is 4.57 Å². The Morgan fingerprint density at radius 1 is 1.45 bits per heavy atom. The largest absolute Gasteiger partial charge is 0.506 e. The first-order chi connectivity index (χ1) is 9.60. The van der Waals surface area contributed by atoms with Gasteiger partial charge in [0, 0.05) is 11.1 Å². The van der Waals surface area contributed by atoms with Crippen molar-refractivity contribution >= 4 is 39.9 Å². The molecular formula is C13H9ClN2O3S. The smallest absolute Gasteiger partial charge is 0.351 e. The first-order valence-electron chi connectivity index (χ1n) is 5.64. The number of carbonyl (C=O) groups excluding carboxylic acids is 1. The molecule has 1 N–H and O–H groups in total. The maximum atomic E-state index is 11.5. The first kappa shape index (κ1) is 13.0. The summed E-state index contributed by atoms with van der Waals surface area (Å²) in [5, 5.41) is 11.1. The van der Waals surface area contributed by atoms with Crippen molar-refractivity contribution in [2.24, 2.45) is 0 Å². The Morgan fingerprint density at radius 3 is 3.00 bits per heavy atom. The molecule has 5 nitrogen and oxygen atoms in total. The summed E-state index contributed by atoms with van der Waals surface area (Å²) in [6.45, 7) is 0. The van der Waals surface area contributed by atoms with Crippen molar-refractivity contribution in [1.29, 1.82) is 0 Å². The third kappa shape index (κ3) is 2.03. The topological polar surface area (TPSA) is 64.4 Å². The molecule has 0 unspecified atom stereocenters. The molecule has 0 aliphatic rings. The van der Waals surface area contributed by atoms with E-state index < -0.39 is 5.97 Å². The maximum Gasteiger partial charge on any atom is 0.351 e. The molecule has 2 aromatic heterocycles. The average molecular weight is 309 g/mol. The Morgan fingerprint density at radius 2 is 2.25 bits per heavy atom. The van der Waals surface area contributed by atoms with E-state index in [9.17, 15) is 9.90 Å². The molecular weight excluding hydrogens is 300 g/mol. The fraction of sp³-hybridized carbons (Fsp3) is 0.0769. The number of ether oxygens (including phenoxy) is 1. The van der Waals surface area contributed by atoms with Crippen LogP contribution in [0, 0.1) is 0 Å². The second kappa shape index (κ2) is 4.81. The van der Waals surface area contributed by atoms with Crippen LogP contribution in [0.1, 0.15) is 9.67 Å². The fourth-order valence-corrected chi connectivity index (χ4v) is 3.00. The molecule has 2 heterocycles. The number of carbonyl (C=O) groups is 1. The number of rotatable bonds is 2. The van der Waals surface area contributed by atoms with Gasteiger partial charge >= 0.3 is 5.97 Å². The van der Waals surface area contributed by atoms with Crippen LogP contribution < -0.4 is 0 Å². The van der Waals surface area contributed by atoms with E-state index >= 15 is 0 Å². The number of methoxy groups -OCH3 is 1. The Labute approximate surface area is 123 Å². The summed E-state index contributed by atoms with van der Waals surface area (Å²) >= 11 is 7.11. The van der Waals surface area contributed by atoms with E-state index in [0.29, 0.717) is 10.0 Å². The summed E-state index contributed by atoms with van der Waals surface area (Å²) in [6.07, 6.45) is 1.62. The zero-order chi connectivity index (χ0) is 14.3. The highest BCUT2D eigenvalue weighted by Crippen LogP contribution is 2.33. The summed E-state index contributed by atoms with van der Waals surface area (Å²) in [7, 11) is 1.27. The van der Waals surface area contributed by atoms with Gasteiger partial charge in [-0.05, 0) is 18.2 Å². The monoisotopic (exact) mass is 308 g/mol. The number of benzene rings is 1. The lowest BCUT2D eigenvalue weighted by molar-refractivity contribution is 0.0603. The second-order valence-corrected chi connectivity index (χ2v) is 5.51. The van der Waals surface area contributed by atoms with E-state index in [4.69, 9.17) is 11.6 Å². The van der Waals surface area contributed by atoms with Gasteiger partial charge in [0.2, 0.25) is 0 Å². The Bertz CT molecular complexity index is 809. The van der Waals surface area contributed by atoms with Crippen LogP contribution in [0.15, 0.2) is 30.6 Å². The Hall–Kier alpha value is -2.05. The van der Waals surface area contributed by atoms with Gasteiger partial charge in [0.25, 0.3) is 0 Å². The molecule has 3 aromatic rings. The molecule has 1 aromatic carbocycles. The van der Waals surface area contributed by atoms with Crippen molar-refractivity contribution in [3.05, 3.63) is 40.5 Å². The number of esters is 1. The Kier molecular flexibility index (Phi) is 3.11. The van der Waals surface area contributed by atoms with Gasteiger partial charge < -0.3 is 9.84 Å². The van der Waals surface area contributed by atoms with Crippen molar-refractivity contribution in [2.45, 2.75) is 0 Å². The normalized spacial score (nSPS) is 10.9. The number of aromatic hydroxyl groups is 1. The predicted octanol–water partition coefficient (Wildman–Crippen LogP) is 3.23. The molecule has 102 valence electrons. The number of hydrogen-bond acceptors (Lipinski definition) is 5. The van der Waals surface area contributed by atoms with Gasteiger partial charge in [0.1, 0.15) is 17.1 Å². The summed E-state index contributed by atoms with van der Waals surface area (Å²) in [4.78, 5) is 15.9. The Balaban J connectivity index is 2.16. The zero-order valence-electron chi connectivity index (χ0n) is 10.3. The molecule has 20 heavy (non-hydrogen) atoms. The highest BCUT2D eigenvalue weighted by Gasteiger charge is 2.18. The molecule has 0 aliphatic carbocycles. The lowest BCUT2D eigenvalue weighted by atomic mass is 10.3. The minimum Gasteiger partial charge on any atom is -0.506 e. The quantitative estimate of drug-likeness (QED) is 0.738. The molecule has 0 amide bonds. The second-order valence-electron chi connectivity index (χ2n) is 4.04. The van der Waals surface area contributed by atoms with Gasteiger partial charge in [0.15, 0.2) is 4.88 Å². The zero-order valence-corrected chi connectivity index (χ0v) is 11.9. The van der Waals surface area contributed by atoms with Crippen LogP contribution in [0.5, 0.6) is 5.75 Å². The van der Waals surface area contributed by atoms with E-state index in [2.05, 4.69) is 9.72 Å². The van der Waals surface area contributed by atoms with Crippen LogP contribution in [0.3, 0.4) is 0 Å². The van der Waals surface area contributed by atoms with Crippen molar-refractivity contribution < 1.29 is 14.6 Å². The standard InChI is InChI=1S/C13H9ClN2O3S/c1-19-13(18)12-10(17)5-11(20-12)16-6-15-8-3-2-7(14)4-9(8)16/h2-6,17H,1H3. The van der Waals surface area contributed by atoms with Crippen molar-refractivity contribution in [2.75, 3.05) is 7.11 Å². The number of nitrogens with zero attached hydrogens (tertiary/aromatic N) is 2. The molecule has 0 saturated heterocycles. The molecule has 3 rings (SSSR count). The van der Waals surface area contributed by atoms with Gasteiger partial charge in [-0.2, -0.15) is 0 Å². The first-order valence-corrected chi connectivity index (χ1v) is 6.83. The number of halogens is 1. The molecule has 0 aliphatic heterocycles. The van der Waals surface area contributed by atoms with Gasteiger partial charge in [-0.15, -0.1) is 11.3 Å².